The molecule has 2 N–H and O–H groups in total. The lowest BCUT2D eigenvalue weighted by atomic mass is 10.1. The first-order valence-corrected chi connectivity index (χ1v) is 6.93. The summed E-state index contributed by atoms with van der Waals surface area (Å²) in [5.41, 5.74) is -5.99. The normalized spacial score (nSPS) is 14.3. The fourth-order valence-electron chi connectivity index (χ4n) is 1.87. The van der Waals surface area contributed by atoms with Crippen molar-refractivity contribution < 1.29 is 45.4 Å². The van der Waals surface area contributed by atoms with E-state index < -0.39 is 47.9 Å². The highest BCUT2D eigenvalue weighted by Crippen LogP contribution is 2.35. The number of anilines is 1. The van der Waals surface area contributed by atoms with Crippen LogP contribution in [0.1, 0.15) is 12.5 Å². The zero-order chi connectivity index (χ0) is 20.2. The maximum atomic E-state index is 13.3. The molecule has 2 amide bonds. The van der Waals surface area contributed by atoms with E-state index in [0.717, 1.165) is 18.2 Å². The van der Waals surface area contributed by atoms with Gasteiger partial charge in [0, 0.05) is 7.11 Å². The number of urea groups is 1. The molecule has 1 atom stereocenters. The van der Waals surface area contributed by atoms with Gasteiger partial charge in [-0.25, -0.2) is 9.59 Å². The summed E-state index contributed by atoms with van der Waals surface area (Å²) in [6.07, 6.45) is -10.3. The van der Waals surface area contributed by atoms with Gasteiger partial charge >= 0.3 is 30.1 Å². The van der Waals surface area contributed by atoms with Crippen LogP contribution in [-0.4, -0.2) is 37.6 Å². The third-order valence-corrected chi connectivity index (χ3v) is 3.04. The first-order valence-electron chi connectivity index (χ1n) is 6.93. The molecule has 1 aromatic carbocycles. The molecule has 0 fully saturated rings. The molecule has 1 aromatic rings. The Labute approximate surface area is 143 Å². The minimum atomic E-state index is -5.45. The lowest BCUT2D eigenvalue weighted by molar-refractivity contribution is -0.276. The fourth-order valence-corrected chi connectivity index (χ4v) is 1.87. The minimum absolute atomic E-state index is 0.458. The van der Waals surface area contributed by atoms with Gasteiger partial charge in [0.05, 0.1) is 17.9 Å². The highest BCUT2D eigenvalue weighted by Gasteiger charge is 2.64. The number of methoxy groups -OCH3 is 1. The standard InChI is InChI=1S/C14H14F6N2O4/c1-3-26-10(23)12(25-2,14(18,19)20)22-11(24)21-9-7-5-4-6-8(9)13(15,16)17/h4-7H,3H2,1-2H3,(H2,21,22,24). The second kappa shape index (κ2) is 7.81. The number of nitrogens with one attached hydrogen (secondary N) is 2. The molecule has 0 heterocycles. The maximum Gasteiger partial charge on any atom is 0.448 e. The number of para-hydroxylation sites is 1. The molecule has 0 aliphatic carbocycles. The van der Waals surface area contributed by atoms with E-state index >= 15 is 0 Å². The summed E-state index contributed by atoms with van der Waals surface area (Å²) in [5, 5.41) is 2.81. The van der Waals surface area contributed by atoms with Crippen LogP contribution in [-0.2, 0) is 20.4 Å². The number of hydrogen-bond acceptors (Lipinski definition) is 4. The Morgan fingerprint density at radius 3 is 2.12 bits per heavy atom. The number of amides is 2. The van der Waals surface area contributed by atoms with Gasteiger partial charge in [-0.1, -0.05) is 12.1 Å². The molecule has 1 unspecified atom stereocenters. The topological polar surface area (TPSA) is 76.7 Å². The monoisotopic (exact) mass is 388 g/mol. The van der Waals surface area contributed by atoms with Gasteiger partial charge < -0.3 is 14.8 Å². The van der Waals surface area contributed by atoms with Gasteiger partial charge in [0.25, 0.3) is 0 Å². The first kappa shape index (κ1) is 21.5. The quantitative estimate of drug-likeness (QED) is 0.461. The Morgan fingerprint density at radius 1 is 1.08 bits per heavy atom. The van der Waals surface area contributed by atoms with Gasteiger partial charge in [-0.05, 0) is 19.1 Å². The predicted molar refractivity (Wildman–Crippen MR) is 76.0 cm³/mol. The van der Waals surface area contributed by atoms with Crippen molar-refractivity contribution in [1.29, 1.82) is 0 Å². The molecule has 12 heteroatoms. The van der Waals surface area contributed by atoms with Crippen molar-refractivity contribution in [2.24, 2.45) is 0 Å². The van der Waals surface area contributed by atoms with Crippen LogP contribution < -0.4 is 10.6 Å². The van der Waals surface area contributed by atoms with Crippen LogP contribution in [0.15, 0.2) is 24.3 Å². The highest BCUT2D eigenvalue weighted by atomic mass is 19.4. The van der Waals surface area contributed by atoms with Gasteiger partial charge in [-0.15, -0.1) is 0 Å². The molecule has 146 valence electrons. The number of halogens is 6. The predicted octanol–water partition coefficient (Wildman–Crippen LogP) is 3.30. The van der Waals surface area contributed by atoms with E-state index in [1.807, 2.05) is 0 Å². The largest absolute Gasteiger partial charge is 0.462 e. The fraction of sp³-hybridized carbons (Fsp3) is 0.429. The molecule has 0 bridgehead atoms. The molecule has 0 aliphatic rings. The van der Waals surface area contributed by atoms with Crippen LogP contribution in [0, 0.1) is 0 Å². The van der Waals surface area contributed by atoms with Gasteiger partial charge in [-0.3, -0.25) is 5.32 Å². The molecule has 0 aliphatic heterocycles. The third-order valence-electron chi connectivity index (χ3n) is 3.04. The number of carbonyl (C=O) groups is 2. The molecule has 0 spiro atoms. The number of rotatable bonds is 5. The molecule has 1 rings (SSSR count). The summed E-state index contributed by atoms with van der Waals surface area (Å²) in [4.78, 5) is 23.5. The lowest BCUT2D eigenvalue weighted by Gasteiger charge is -2.32. The van der Waals surface area contributed by atoms with Crippen molar-refractivity contribution >= 4 is 17.7 Å². The van der Waals surface area contributed by atoms with E-state index in [1.54, 1.807) is 5.32 Å². The number of hydrogen-bond donors (Lipinski definition) is 2. The molecule has 0 saturated heterocycles. The van der Waals surface area contributed by atoms with Crippen LogP contribution in [0.3, 0.4) is 0 Å². The van der Waals surface area contributed by atoms with Crippen molar-refractivity contribution in [2.45, 2.75) is 25.0 Å². The summed E-state index contributed by atoms with van der Waals surface area (Å²) >= 11 is 0. The second-order valence-electron chi connectivity index (χ2n) is 4.73. The van der Waals surface area contributed by atoms with Crippen LogP contribution in [0.2, 0.25) is 0 Å². The molecule has 0 radical (unpaired) electrons. The Morgan fingerprint density at radius 2 is 1.65 bits per heavy atom. The SMILES string of the molecule is CCOC(=O)C(NC(=O)Nc1ccccc1C(F)(F)F)(OC)C(F)(F)F. The molecule has 26 heavy (non-hydrogen) atoms. The van der Waals surface area contributed by atoms with Crippen molar-refractivity contribution in [3.8, 4) is 0 Å². The van der Waals surface area contributed by atoms with E-state index in [0.29, 0.717) is 13.2 Å². The number of esters is 1. The van der Waals surface area contributed by atoms with Crippen molar-refractivity contribution in [3.05, 3.63) is 29.8 Å². The lowest BCUT2D eigenvalue weighted by Crippen LogP contribution is -2.66. The Balaban J connectivity index is 3.15. The highest BCUT2D eigenvalue weighted by molar-refractivity contribution is 5.94. The minimum Gasteiger partial charge on any atom is -0.462 e. The van der Waals surface area contributed by atoms with Crippen molar-refractivity contribution in [3.63, 3.8) is 0 Å². The molecule has 6 nitrogen and oxygen atoms in total. The molecular weight excluding hydrogens is 374 g/mol. The summed E-state index contributed by atoms with van der Waals surface area (Å²) in [5.74, 6) is -1.98. The van der Waals surface area contributed by atoms with Gasteiger partial charge in [-0.2, -0.15) is 26.3 Å². The number of alkyl halides is 6. The van der Waals surface area contributed by atoms with Crippen molar-refractivity contribution in [1.82, 2.24) is 5.32 Å². The van der Waals surface area contributed by atoms with E-state index in [-0.39, 0.29) is 0 Å². The van der Waals surface area contributed by atoms with E-state index in [2.05, 4.69) is 9.47 Å². The maximum absolute atomic E-state index is 13.3. The summed E-state index contributed by atoms with van der Waals surface area (Å²) < 4.78 is 86.8. The summed E-state index contributed by atoms with van der Waals surface area (Å²) in [6, 6.07) is 1.85. The summed E-state index contributed by atoms with van der Waals surface area (Å²) in [6.45, 7) is 0.759. The zero-order valence-electron chi connectivity index (χ0n) is 13.4. The molecule has 0 saturated carbocycles. The average Bonchev–Trinajstić information content (AvgIpc) is 2.51. The van der Waals surface area contributed by atoms with Crippen LogP contribution in [0.5, 0.6) is 0 Å². The smallest absolute Gasteiger partial charge is 0.448 e. The molecule has 0 aromatic heterocycles. The van der Waals surface area contributed by atoms with Gasteiger partial charge in [0.15, 0.2) is 0 Å². The first-order chi connectivity index (χ1) is 11.9. The average molecular weight is 388 g/mol. The Hall–Kier alpha value is -2.50. The van der Waals surface area contributed by atoms with Gasteiger partial charge in [0.2, 0.25) is 0 Å². The van der Waals surface area contributed by atoms with Crippen LogP contribution in [0.25, 0.3) is 0 Å². The third kappa shape index (κ3) is 4.56. The number of benzene rings is 1. The van der Waals surface area contributed by atoms with Crippen LogP contribution >= 0.6 is 0 Å². The Kier molecular flexibility index (Phi) is 6.47. The van der Waals surface area contributed by atoms with E-state index in [4.69, 9.17) is 0 Å². The van der Waals surface area contributed by atoms with E-state index in [1.165, 1.54) is 12.2 Å². The molecular formula is C14H14F6N2O4. The van der Waals surface area contributed by atoms with Gasteiger partial charge in [0.1, 0.15) is 0 Å². The summed E-state index contributed by atoms with van der Waals surface area (Å²) in [7, 11) is 0.481. The zero-order valence-corrected chi connectivity index (χ0v) is 13.4. The number of carbonyl (C=O) groups excluding carboxylic acids is 2. The van der Waals surface area contributed by atoms with Crippen molar-refractivity contribution in [2.75, 3.05) is 19.0 Å². The second-order valence-corrected chi connectivity index (χ2v) is 4.73. The number of ether oxygens (including phenoxy) is 2. The van der Waals surface area contributed by atoms with E-state index in [9.17, 15) is 35.9 Å². The Bertz CT molecular complexity index is 662. The van der Waals surface area contributed by atoms with Crippen LogP contribution in [0.4, 0.5) is 36.8 Å².